The van der Waals surface area contributed by atoms with Crippen LogP contribution in [0.4, 0.5) is 4.39 Å². The number of carbonyl (C=O) groups is 1. The summed E-state index contributed by atoms with van der Waals surface area (Å²) < 4.78 is 30.8. The molecule has 3 aromatic rings. The maximum Gasteiger partial charge on any atom is 0.343 e. The highest BCUT2D eigenvalue weighted by molar-refractivity contribution is 6.05. The predicted octanol–water partition coefficient (Wildman–Crippen LogP) is 6.09. The molecule has 0 fully saturated rings. The summed E-state index contributed by atoms with van der Waals surface area (Å²) >= 11 is 0. The third-order valence-corrected chi connectivity index (χ3v) is 4.99. The minimum atomic E-state index is -0.404. The molecule has 0 bridgehead atoms. The molecule has 0 spiro atoms. The van der Waals surface area contributed by atoms with Gasteiger partial charge in [0, 0.05) is 11.1 Å². The second kappa shape index (κ2) is 9.52. The SMILES string of the molecule is CCOc1cc(/C=C2\C=C(c3ccc(C)cc3)OC2=O)ccc1OCc1ccccc1F. The largest absolute Gasteiger partial charge is 0.490 e. The summed E-state index contributed by atoms with van der Waals surface area (Å²) in [7, 11) is 0. The molecule has 32 heavy (non-hydrogen) atoms. The summed E-state index contributed by atoms with van der Waals surface area (Å²) in [5, 5.41) is 0. The Hall–Kier alpha value is -3.86. The van der Waals surface area contributed by atoms with E-state index in [2.05, 4.69) is 0 Å². The average Bonchev–Trinajstić information content (AvgIpc) is 3.15. The molecule has 0 N–H and O–H groups in total. The molecule has 0 aromatic heterocycles. The lowest BCUT2D eigenvalue weighted by atomic mass is 10.1. The van der Waals surface area contributed by atoms with Crippen LogP contribution in [0.25, 0.3) is 11.8 Å². The van der Waals surface area contributed by atoms with E-state index in [1.165, 1.54) is 6.07 Å². The molecule has 0 radical (unpaired) electrons. The second-order valence-electron chi connectivity index (χ2n) is 7.38. The Morgan fingerprint density at radius 2 is 1.75 bits per heavy atom. The molecular formula is C27H23FO4. The van der Waals surface area contributed by atoms with Crippen LogP contribution in [0.1, 0.15) is 29.2 Å². The van der Waals surface area contributed by atoms with E-state index in [4.69, 9.17) is 14.2 Å². The zero-order chi connectivity index (χ0) is 22.5. The van der Waals surface area contributed by atoms with E-state index in [9.17, 15) is 9.18 Å². The lowest BCUT2D eigenvalue weighted by Gasteiger charge is -2.13. The number of aryl methyl sites for hydroxylation is 1. The molecule has 0 saturated carbocycles. The first-order chi connectivity index (χ1) is 15.5. The Labute approximate surface area is 186 Å². The van der Waals surface area contributed by atoms with E-state index in [1.54, 1.807) is 42.5 Å². The van der Waals surface area contributed by atoms with E-state index in [0.29, 0.717) is 35.0 Å². The fourth-order valence-electron chi connectivity index (χ4n) is 3.30. The number of rotatable bonds is 7. The van der Waals surface area contributed by atoms with E-state index in [-0.39, 0.29) is 12.4 Å². The minimum Gasteiger partial charge on any atom is -0.490 e. The Morgan fingerprint density at radius 3 is 2.50 bits per heavy atom. The summed E-state index contributed by atoms with van der Waals surface area (Å²) in [5.74, 6) is 0.826. The van der Waals surface area contributed by atoms with Crippen molar-refractivity contribution >= 4 is 17.8 Å². The topological polar surface area (TPSA) is 44.8 Å². The molecule has 1 aliphatic rings. The zero-order valence-corrected chi connectivity index (χ0v) is 17.9. The van der Waals surface area contributed by atoms with Crippen LogP contribution in [-0.2, 0) is 16.1 Å². The first kappa shape index (κ1) is 21.4. The Balaban J connectivity index is 1.56. The zero-order valence-electron chi connectivity index (χ0n) is 17.9. The van der Waals surface area contributed by atoms with Crippen molar-refractivity contribution in [1.82, 2.24) is 0 Å². The fraction of sp³-hybridized carbons (Fsp3) is 0.148. The van der Waals surface area contributed by atoms with Gasteiger partial charge in [-0.3, -0.25) is 0 Å². The van der Waals surface area contributed by atoms with Gasteiger partial charge in [0.25, 0.3) is 0 Å². The summed E-state index contributed by atoms with van der Waals surface area (Å²) in [6.45, 7) is 4.40. The molecule has 5 heteroatoms. The monoisotopic (exact) mass is 430 g/mol. The lowest BCUT2D eigenvalue weighted by molar-refractivity contribution is -0.130. The van der Waals surface area contributed by atoms with Crippen molar-refractivity contribution in [2.75, 3.05) is 6.61 Å². The standard InChI is InChI=1S/C27H23FO4/c1-3-30-26-15-19(10-13-24(26)31-17-21-6-4-5-7-23(21)28)14-22-16-25(32-27(22)29)20-11-8-18(2)9-12-20/h4-16H,3,17H2,1-2H3/b22-14+. The number of carbonyl (C=O) groups excluding carboxylic acids is 1. The minimum absolute atomic E-state index is 0.0855. The smallest absolute Gasteiger partial charge is 0.343 e. The number of halogens is 1. The van der Waals surface area contributed by atoms with Crippen LogP contribution in [-0.4, -0.2) is 12.6 Å². The van der Waals surface area contributed by atoms with Crippen LogP contribution in [0.3, 0.4) is 0 Å². The van der Waals surface area contributed by atoms with E-state index < -0.39 is 5.97 Å². The molecule has 1 aliphatic heterocycles. The highest BCUT2D eigenvalue weighted by atomic mass is 19.1. The van der Waals surface area contributed by atoms with Gasteiger partial charge in [0.2, 0.25) is 0 Å². The molecular weight excluding hydrogens is 407 g/mol. The third kappa shape index (κ3) is 4.89. The highest BCUT2D eigenvalue weighted by Crippen LogP contribution is 2.32. The molecule has 4 nitrogen and oxygen atoms in total. The van der Waals surface area contributed by atoms with Crippen LogP contribution in [0.5, 0.6) is 11.5 Å². The number of cyclic esters (lactones) is 1. The van der Waals surface area contributed by atoms with Gasteiger partial charge in [-0.25, -0.2) is 9.18 Å². The van der Waals surface area contributed by atoms with Gasteiger partial charge in [-0.15, -0.1) is 0 Å². The van der Waals surface area contributed by atoms with E-state index in [1.807, 2.05) is 44.2 Å². The van der Waals surface area contributed by atoms with Crippen LogP contribution in [0.2, 0.25) is 0 Å². The van der Waals surface area contributed by atoms with Crippen molar-refractivity contribution in [1.29, 1.82) is 0 Å². The van der Waals surface area contributed by atoms with Crippen molar-refractivity contribution in [2.24, 2.45) is 0 Å². The van der Waals surface area contributed by atoms with E-state index in [0.717, 1.165) is 16.7 Å². The lowest BCUT2D eigenvalue weighted by Crippen LogP contribution is -2.01. The molecule has 4 rings (SSSR count). The number of ether oxygens (including phenoxy) is 3. The first-order valence-electron chi connectivity index (χ1n) is 10.4. The van der Waals surface area contributed by atoms with Crippen molar-refractivity contribution in [3.63, 3.8) is 0 Å². The van der Waals surface area contributed by atoms with E-state index >= 15 is 0 Å². The normalized spacial score (nSPS) is 14.3. The summed E-state index contributed by atoms with van der Waals surface area (Å²) in [6, 6.07) is 19.6. The van der Waals surface area contributed by atoms with Crippen molar-refractivity contribution in [3.8, 4) is 11.5 Å². The van der Waals surface area contributed by atoms with Gasteiger partial charge >= 0.3 is 5.97 Å². The van der Waals surface area contributed by atoms with Crippen molar-refractivity contribution in [2.45, 2.75) is 20.5 Å². The molecule has 0 aliphatic carbocycles. The van der Waals surface area contributed by atoms with Crippen LogP contribution >= 0.6 is 0 Å². The van der Waals surface area contributed by atoms with Gasteiger partial charge in [0.05, 0.1) is 12.2 Å². The van der Waals surface area contributed by atoms with Gasteiger partial charge in [0.1, 0.15) is 18.2 Å². The predicted molar refractivity (Wildman–Crippen MR) is 122 cm³/mol. The first-order valence-corrected chi connectivity index (χ1v) is 10.4. The maximum atomic E-state index is 13.9. The van der Waals surface area contributed by atoms with Gasteiger partial charge in [-0.1, -0.05) is 54.1 Å². The summed E-state index contributed by atoms with van der Waals surface area (Å²) in [5.41, 5.74) is 3.65. The summed E-state index contributed by atoms with van der Waals surface area (Å²) in [4.78, 5) is 12.4. The van der Waals surface area contributed by atoms with Gasteiger partial charge in [-0.05, 0) is 49.8 Å². The average molecular weight is 430 g/mol. The number of benzene rings is 3. The van der Waals surface area contributed by atoms with Crippen molar-refractivity contribution in [3.05, 3.63) is 106 Å². The molecule has 3 aromatic carbocycles. The molecule has 162 valence electrons. The molecule has 1 heterocycles. The van der Waals surface area contributed by atoms with Crippen LogP contribution < -0.4 is 9.47 Å². The Kier molecular flexibility index (Phi) is 6.36. The Bertz CT molecular complexity index is 1190. The Morgan fingerprint density at radius 1 is 0.969 bits per heavy atom. The van der Waals surface area contributed by atoms with Gasteiger partial charge in [-0.2, -0.15) is 0 Å². The second-order valence-corrected chi connectivity index (χ2v) is 7.38. The van der Waals surface area contributed by atoms with Crippen LogP contribution in [0.15, 0.2) is 78.4 Å². The third-order valence-electron chi connectivity index (χ3n) is 4.99. The van der Waals surface area contributed by atoms with Crippen LogP contribution in [0, 0.1) is 12.7 Å². The van der Waals surface area contributed by atoms with Crippen molar-refractivity contribution < 1.29 is 23.4 Å². The maximum absolute atomic E-state index is 13.9. The van der Waals surface area contributed by atoms with Gasteiger partial charge < -0.3 is 14.2 Å². The molecule has 0 amide bonds. The molecule has 0 unspecified atom stereocenters. The molecule has 0 saturated heterocycles. The van der Waals surface area contributed by atoms with Gasteiger partial charge in [0.15, 0.2) is 11.5 Å². The number of hydrogen-bond donors (Lipinski definition) is 0. The highest BCUT2D eigenvalue weighted by Gasteiger charge is 2.22. The number of esters is 1. The quantitative estimate of drug-likeness (QED) is 0.336. The summed E-state index contributed by atoms with van der Waals surface area (Å²) in [6.07, 6.45) is 3.47. The number of hydrogen-bond acceptors (Lipinski definition) is 4. The molecule has 0 atom stereocenters. The fourth-order valence-corrected chi connectivity index (χ4v) is 3.30.